The third kappa shape index (κ3) is 4.15. The van der Waals surface area contributed by atoms with Crippen LogP contribution in [0.15, 0.2) is 29.2 Å². The SMILES string of the molecule is CN1C(=O)c2c(O)c(=O)c(-c3nnc(Cc4ccc(F)cc4F)s3)cn2N(C)C12CCC(C(=O)NC1CC1)C2. The summed E-state index contributed by atoms with van der Waals surface area (Å²) in [5.41, 5.74) is -1.54. The Kier molecular flexibility index (Phi) is 5.93. The highest BCUT2D eigenvalue weighted by Crippen LogP contribution is 2.44. The molecule has 6 rings (SSSR count). The molecule has 2 atom stereocenters. The molecule has 2 aromatic heterocycles. The van der Waals surface area contributed by atoms with E-state index in [9.17, 15) is 28.3 Å². The molecule has 2 fully saturated rings. The van der Waals surface area contributed by atoms with E-state index < -0.39 is 34.4 Å². The summed E-state index contributed by atoms with van der Waals surface area (Å²) in [7, 11) is 3.37. The molecular formula is C26H26F2N6O4S. The number of halogens is 2. The summed E-state index contributed by atoms with van der Waals surface area (Å²) < 4.78 is 28.9. The van der Waals surface area contributed by atoms with E-state index in [1.807, 2.05) is 0 Å². The molecule has 13 heteroatoms. The standard InChI is InChI=1S/C26H26F2N6O4S/c1-32-25(38)20-22(36)21(35)17(24-31-30-19(39-24)9-13-3-4-15(27)10-18(13)28)12-34(20)33(2)26(32)8-7-14(11-26)23(37)29-16-5-6-16/h3-4,10,12,14,16,36H,5-9,11H2,1-2H3,(H,29,37). The first kappa shape index (κ1) is 25.4. The molecule has 3 heterocycles. The summed E-state index contributed by atoms with van der Waals surface area (Å²) in [6, 6.07) is 3.49. The van der Waals surface area contributed by atoms with Gasteiger partial charge in [0.15, 0.2) is 16.5 Å². The minimum absolute atomic E-state index is 0.0168. The Morgan fingerprint density at radius 1 is 1.21 bits per heavy atom. The molecule has 2 aliphatic carbocycles. The number of pyridine rings is 1. The maximum absolute atomic E-state index is 14.1. The summed E-state index contributed by atoms with van der Waals surface area (Å²) in [5, 5.41) is 24.4. The average molecular weight is 557 g/mol. The van der Waals surface area contributed by atoms with Gasteiger partial charge in [0.05, 0.1) is 5.56 Å². The molecule has 2 N–H and O–H groups in total. The number of aromatic hydroxyl groups is 1. The van der Waals surface area contributed by atoms with Gasteiger partial charge in [0, 0.05) is 51.2 Å². The van der Waals surface area contributed by atoms with Gasteiger partial charge < -0.3 is 15.3 Å². The lowest BCUT2D eigenvalue weighted by Gasteiger charge is -2.51. The van der Waals surface area contributed by atoms with Crippen molar-refractivity contribution in [1.82, 2.24) is 25.1 Å². The molecule has 2 amide bonds. The second-order valence-electron chi connectivity index (χ2n) is 10.4. The number of hydrogen-bond acceptors (Lipinski definition) is 8. The highest BCUT2D eigenvalue weighted by molar-refractivity contribution is 7.14. The summed E-state index contributed by atoms with van der Waals surface area (Å²) in [5.74, 6) is -2.93. The fraction of sp³-hybridized carbons (Fsp3) is 0.423. The van der Waals surface area contributed by atoms with Gasteiger partial charge in [-0.1, -0.05) is 17.4 Å². The zero-order valence-electron chi connectivity index (χ0n) is 21.3. The van der Waals surface area contributed by atoms with Gasteiger partial charge in [-0.15, -0.1) is 10.2 Å². The number of aromatic nitrogens is 3. The predicted molar refractivity (Wildman–Crippen MR) is 138 cm³/mol. The van der Waals surface area contributed by atoms with Crippen LogP contribution in [-0.4, -0.2) is 62.5 Å². The van der Waals surface area contributed by atoms with Crippen LogP contribution >= 0.6 is 11.3 Å². The molecule has 2 saturated carbocycles. The van der Waals surface area contributed by atoms with Crippen molar-refractivity contribution in [2.45, 2.75) is 50.2 Å². The van der Waals surface area contributed by atoms with Gasteiger partial charge in [0.25, 0.3) is 5.91 Å². The number of nitrogens with one attached hydrogen (secondary N) is 1. The van der Waals surface area contributed by atoms with E-state index in [4.69, 9.17) is 0 Å². The number of amides is 2. The fourth-order valence-corrected chi connectivity index (χ4v) is 6.45. The molecule has 3 aliphatic rings. The minimum atomic E-state index is -0.833. The van der Waals surface area contributed by atoms with Crippen LogP contribution < -0.4 is 15.8 Å². The second kappa shape index (κ2) is 9.11. The minimum Gasteiger partial charge on any atom is -0.502 e. The Labute approximate surface area is 225 Å². The van der Waals surface area contributed by atoms with E-state index in [0.717, 1.165) is 36.3 Å². The Hall–Kier alpha value is -3.87. The van der Waals surface area contributed by atoms with Crippen molar-refractivity contribution in [2.24, 2.45) is 5.92 Å². The quantitative estimate of drug-likeness (QED) is 0.495. The lowest BCUT2D eigenvalue weighted by Crippen LogP contribution is -2.67. The average Bonchev–Trinajstić information content (AvgIpc) is 3.41. The van der Waals surface area contributed by atoms with Crippen molar-refractivity contribution < 1.29 is 23.5 Å². The van der Waals surface area contributed by atoms with Gasteiger partial charge in [0.1, 0.15) is 22.3 Å². The Balaban J connectivity index is 1.34. The van der Waals surface area contributed by atoms with E-state index in [0.29, 0.717) is 24.3 Å². The van der Waals surface area contributed by atoms with Crippen LogP contribution in [0, 0.1) is 17.6 Å². The molecule has 1 aliphatic heterocycles. The Morgan fingerprint density at radius 3 is 2.69 bits per heavy atom. The number of fused-ring (bicyclic) bond motifs is 1. The van der Waals surface area contributed by atoms with E-state index >= 15 is 0 Å². The molecule has 1 spiro atoms. The van der Waals surface area contributed by atoms with E-state index in [2.05, 4.69) is 15.5 Å². The van der Waals surface area contributed by atoms with Crippen LogP contribution in [0.2, 0.25) is 0 Å². The van der Waals surface area contributed by atoms with Gasteiger partial charge in [-0.3, -0.25) is 24.1 Å². The van der Waals surface area contributed by atoms with Crippen molar-refractivity contribution >= 4 is 23.2 Å². The first-order chi connectivity index (χ1) is 18.6. The number of carbonyl (C=O) groups is 2. The highest BCUT2D eigenvalue weighted by atomic mass is 32.1. The van der Waals surface area contributed by atoms with Crippen molar-refractivity contribution in [3.05, 3.63) is 62.5 Å². The topological polar surface area (TPSA) is 121 Å². The lowest BCUT2D eigenvalue weighted by atomic mass is 10.00. The number of rotatable bonds is 5. The molecule has 204 valence electrons. The lowest BCUT2D eigenvalue weighted by molar-refractivity contribution is -0.125. The molecule has 0 bridgehead atoms. The smallest absolute Gasteiger partial charge is 0.278 e. The summed E-state index contributed by atoms with van der Waals surface area (Å²) >= 11 is 1.04. The number of carbonyl (C=O) groups excluding carboxylic acids is 2. The van der Waals surface area contributed by atoms with Crippen molar-refractivity contribution in [3.8, 4) is 16.3 Å². The third-order valence-electron chi connectivity index (χ3n) is 8.04. The molecule has 39 heavy (non-hydrogen) atoms. The third-order valence-corrected chi connectivity index (χ3v) is 8.99. The Bertz CT molecular complexity index is 1570. The van der Waals surface area contributed by atoms with Crippen molar-refractivity contribution in [2.75, 3.05) is 19.1 Å². The monoisotopic (exact) mass is 556 g/mol. The van der Waals surface area contributed by atoms with Gasteiger partial charge in [-0.25, -0.2) is 8.78 Å². The zero-order valence-corrected chi connectivity index (χ0v) is 22.1. The van der Waals surface area contributed by atoms with Crippen LogP contribution in [0.5, 0.6) is 5.75 Å². The first-order valence-corrected chi connectivity index (χ1v) is 13.5. The molecule has 0 saturated heterocycles. The molecule has 3 aromatic rings. The predicted octanol–water partition coefficient (Wildman–Crippen LogP) is 2.37. The molecule has 0 radical (unpaired) electrons. The van der Waals surface area contributed by atoms with Gasteiger partial charge in [0.2, 0.25) is 11.3 Å². The van der Waals surface area contributed by atoms with Crippen LogP contribution in [0.1, 0.15) is 53.2 Å². The molecular weight excluding hydrogens is 530 g/mol. The van der Waals surface area contributed by atoms with Crippen LogP contribution in [0.25, 0.3) is 10.6 Å². The summed E-state index contributed by atoms with van der Waals surface area (Å²) in [6.07, 6.45) is 4.98. The summed E-state index contributed by atoms with van der Waals surface area (Å²) in [6.45, 7) is 0. The van der Waals surface area contributed by atoms with Crippen molar-refractivity contribution in [1.29, 1.82) is 0 Å². The number of benzene rings is 1. The molecule has 1 aromatic carbocycles. The van der Waals surface area contributed by atoms with Gasteiger partial charge >= 0.3 is 0 Å². The van der Waals surface area contributed by atoms with E-state index in [1.54, 1.807) is 19.1 Å². The number of nitrogens with zero attached hydrogens (tertiary/aromatic N) is 5. The first-order valence-electron chi connectivity index (χ1n) is 12.7. The Morgan fingerprint density at radius 2 is 1.97 bits per heavy atom. The summed E-state index contributed by atoms with van der Waals surface area (Å²) in [4.78, 5) is 40.9. The van der Waals surface area contributed by atoms with Crippen LogP contribution in [-0.2, 0) is 11.2 Å². The van der Waals surface area contributed by atoms with Gasteiger partial charge in [-0.2, -0.15) is 0 Å². The molecule has 10 nitrogen and oxygen atoms in total. The van der Waals surface area contributed by atoms with Crippen LogP contribution in [0.4, 0.5) is 8.78 Å². The van der Waals surface area contributed by atoms with Gasteiger partial charge in [-0.05, 0) is 37.3 Å². The normalized spacial score (nSPS) is 22.5. The fourth-order valence-electron chi connectivity index (χ4n) is 5.58. The van der Waals surface area contributed by atoms with E-state index in [-0.39, 0.29) is 46.1 Å². The van der Waals surface area contributed by atoms with Crippen molar-refractivity contribution in [3.63, 3.8) is 0 Å². The maximum atomic E-state index is 14.1. The number of hydrogen-bond donors (Lipinski definition) is 2. The van der Waals surface area contributed by atoms with Crippen LogP contribution in [0.3, 0.4) is 0 Å². The largest absolute Gasteiger partial charge is 0.502 e. The second-order valence-corrected chi connectivity index (χ2v) is 11.5. The zero-order chi connectivity index (χ0) is 27.6. The molecule has 2 unspecified atom stereocenters. The highest BCUT2D eigenvalue weighted by Gasteiger charge is 2.54. The maximum Gasteiger partial charge on any atom is 0.278 e. The van der Waals surface area contributed by atoms with E-state index in [1.165, 1.54) is 21.8 Å².